The van der Waals surface area contributed by atoms with E-state index in [1.54, 1.807) is 24.3 Å². The highest BCUT2D eigenvalue weighted by atomic mass is 16.7. The second-order valence-corrected chi connectivity index (χ2v) is 4.06. The second-order valence-electron chi connectivity index (χ2n) is 4.06. The van der Waals surface area contributed by atoms with Gasteiger partial charge in [-0.1, -0.05) is 30.3 Å². The molecule has 0 amide bonds. The van der Waals surface area contributed by atoms with Gasteiger partial charge in [0, 0.05) is 5.56 Å². The molecule has 2 aromatic carbocycles. The molecule has 0 aliphatic heterocycles. The van der Waals surface area contributed by atoms with Gasteiger partial charge in [0.2, 0.25) is 0 Å². The lowest BCUT2D eigenvalue weighted by molar-refractivity contribution is 0.0928. The fourth-order valence-electron chi connectivity index (χ4n) is 1.54. The summed E-state index contributed by atoms with van der Waals surface area (Å²) in [5.74, 6) is 0.302. The average molecular weight is 270 g/mol. The molecule has 0 saturated heterocycles. The molecule has 0 radical (unpaired) electrons. The average Bonchev–Trinajstić information content (AvgIpc) is 2.47. The van der Waals surface area contributed by atoms with Crippen LogP contribution < -0.4 is 10.5 Å². The minimum absolute atomic E-state index is 0.0387. The third-order valence-electron chi connectivity index (χ3n) is 2.57. The third kappa shape index (κ3) is 3.84. The van der Waals surface area contributed by atoms with Crippen molar-refractivity contribution in [2.24, 2.45) is 5.73 Å². The largest absolute Gasteiger partial charge is 0.514 e. The fraction of sp³-hybridized carbons (Fsp3) is 0.0667. The molecular weight excluding hydrogens is 256 g/mol. The molecule has 0 fully saturated rings. The Labute approximate surface area is 116 Å². The van der Waals surface area contributed by atoms with Gasteiger partial charge in [0.05, 0.1) is 0 Å². The van der Waals surface area contributed by atoms with Crippen LogP contribution in [0.1, 0.15) is 11.1 Å². The van der Waals surface area contributed by atoms with Crippen molar-refractivity contribution in [1.29, 1.82) is 5.41 Å². The van der Waals surface area contributed by atoms with Crippen LogP contribution in [0.2, 0.25) is 0 Å². The summed E-state index contributed by atoms with van der Waals surface area (Å²) in [6, 6.07) is 15.6. The van der Waals surface area contributed by atoms with Gasteiger partial charge in [-0.2, -0.15) is 0 Å². The normalized spacial score (nSPS) is 9.80. The summed E-state index contributed by atoms with van der Waals surface area (Å²) in [7, 11) is 0. The molecule has 0 aromatic heterocycles. The van der Waals surface area contributed by atoms with Crippen LogP contribution in [0.15, 0.2) is 54.6 Å². The summed E-state index contributed by atoms with van der Waals surface area (Å²) < 4.78 is 9.98. The van der Waals surface area contributed by atoms with E-state index in [-0.39, 0.29) is 12.4 Å². The number of carbonyl (C=O) groups excluding carboxylic acids is 1. The second kappa shape index (κ2) is 6.38. The number of carbonyl (C=O) groups is 1. The molecule has 0 unspecified atom stereocenters. The van der Waals surface area contributed by atoms with Gasteiger partial charge in [0.15, 0.2) is 0 Å². The Hall–Kier alpha value is -2.82. The molecule has 20 heavy (non-hydrogen) atoms. The minimum atomic E-state index is -0.774. The highest BCUT2D eigenvalue weighted by Gasteiger charge is 2.06. The number of ether oxygens (including phenoxy) is 2. The van der Waals surface area contributed by atoms with Gasteiger partial charge in [0.1, 0.15) is 18.2 Å². The zero-order chi connectivity index (χ0) is 14.4. The molecule has 0 heterocycles. The van der Waals surface area contributed by atoms with Gasteiger partial charge in [-0.3, -0.25) is 5.41 Å². The summed E-state index contributed by atoms with van der Waals surface area (Å²) in [6.07, 6.45) is -0.774. The molecule has 2 rings (SSSR count). The zero-order valence-electron chi connectivity index (χ0n) is 10.7. The summed E-state index contributed by atoms with van der Waals surface area (Å²) >= 11 is 0. The van der Waals surface area contributed by atoms with Crippen molar-refractivity contribution >= 4 is 12.0 Å². The molecule has 3 N–H and O–H groups in total. The van der Waals surface area contributed by atoms with Crippen LogP contribution in [0.4, 0.5) is 4.79 Å². The van der Waals surface area contributed by atoms with Crippen LogP contribution in [0.5, 0.6) is 5.75 Å². The monoisotopic (exact) mass is 270 g/mol. The number of hydrogen-bond acceptors (Lipinski definition) is 4. The van der Waals surface area contributed by atoms with E-state index in [4.69, 9.17) is 20.6 Å². The van der Waals surface area contributed by atoms with Gasteiger partial charge < -0.3 is 15.2 Å². The Morgan fingerprint density at radius 1 is 1.05 bits per heavy atom. The highest BCUT2D eigenvalue weighted by Crippen LogP contribution is 2.13. The molecule has 0 saturated carbocycles. The first-order chi connectivity index (χ1) is 9.65. The first-order valence-corrected chi connectivity index (χ1v) is 5.98. The minimum Gasteiger partial charge on any atom is -0.429 e. The maximum absolute atomic E-state index is 11.5. The van der Waals surface area contributed by atoms with Crippen molar-refractivity contribution in [3.63, 3.8) is 0 Å². The summed E-state index contributed by atoms with van der Waals surface area (Å²) in [6.45, 7) is 0.158. The first kappa shape index (κ1) is 13.6. The smallest absolute Gasteiger partial charge is 0.429 e. The lowest BCUT2D eigenvalue weighted by Crippen LogP contribution is -2.12. The van der Waals surface area contributed by atoms with Crippen molar-refractivity contribution in [3.8, 4) is 5.75 Å². The number of rotatable bonds is 4. The van der Waals surface area contributed by atoms with E-state index in [9.17, 15) is 4.79 Å². The third-order valence-corrected chi connectivity index (χ3v) is 2.57. The van der Waals surface area contributed by atoms with Crippen molar-refractivity contribution < 1.29 is 14.3 Å². The van der Waals surface area contributed by atoms with Crippen molar-refractivity contribution in [3.05, 3.63) is 65.7 Å². The van der Waals surface area contributed by atoms with Gasteiger partial charge in [-0.05, 0) is 29.8 Å². The number of amidine groups is 1. The highest BCUT2D eigenvalue weighted by molar-refractivity contribution is 5.95. The van der Waals surface area contributed by atoms with E-state index in [2.05, 4.69) is 0 Å². The van der Waals surface area contributed by atoms with E-state index >= 15 is 0 Å². The maximum Gasteiger partial charge on any atom is 0.514 e. The van der Waals surface area contributed by atoms with Crippen LogP contribution in [-0.4, -0.2) is 12.0 Å². The molecule has 0 aliphatic carbocycles. The van der Waals surface area contributed by atoms with Crippen molar-refractivity contribution in [1.82, 2.24) is 0 Å². The Morgan fingerprint density at radius 3 is 2.30 bits per heavy atom. The van der Waals surface area contributed by atoms with E-state index in [0.717, 1.165) is 5.56 Å². The lowest BCUT2D eigenvalue weighted by atomic mass is 10.2. The molecule has 102 valence electrons. The van der Waals surface area contributed by atoms with Crippen LogP contribution in [0.3, 0.4) is 0 Å². The number of nitrogen functional groups attached to an aromatic ring is 1. The topological polar surface area (TPSA) is 85.4 Å². The van der Waals surface area contributed by atoms with Crippen LogP contribution in [0, 0.1) is 5.41 Å². The standard InChI is InChI=1S/C15H14N2O3/c16-14(17)12-6-8-13(9-7-12)20-15(18)19-10-11-4-2-1-3-5-11/h1-9H,10H2,(H3,16,17). The number of hydrogen-bond donors (Lipinski definition) is 2. The first-order valence-electron chi connectivity index (χ1n) is 5.98. The lowest BCUT2D eigenvalue weighted by Gasteiger charge is -2.06. The van der Waals surface area contributed by atoms with Gasteiger partial charge in [-0.15, -0.1) is 0 Å². The molecule has 0 aliphatic rings. The Kier molecular flexibility index (Phi) is 4.34. The Balaban J connectivity index is 1.86. The SMILES string of the molecule is N=C(N)c1ccc(OC(=O)OCc2ccccc2)cc1. The molecule has 0 bridgehead atoms. The van der Waals surface area contributed by atoms with Gasteiger partial charge in [0.25, 0.3) is 0 Å². The molecule has 0 spiro atoms. The number of benzene rings is 2. The predicted molar refractivity (Wildman–Crippen MR) is 74.7 cm³/mol. The van der Waals surface area contributed by atoms with Crippen molar-refractivity contribution in [2.45, 2.75) is 6.61 Å². The van der Waals surface area contributed by atoms with Gasteiger partial charge in [-0.25, -0.2) is 4.79 Å². The van der Waals surface area contributed by atoms with E-state index in [1.807, 2.05) is 30.3 Å². The van der Waals surface area contributed by atoms with Crippen LogP contribution >= 0.6 is 0 Å². The maximum atomic E-state index is 11.5. The Bertz CT molecular complexity index is 594. The zero-order valence-corrected chi connectivity index (χ0v) is 10.7. The van der Waals surface area contributed by atoms with Crippen LogP contribution in [0.25, 0.3) is 0 Å². The van der Waals surface area contributed by atoms with E-state index in [1.165, 1.54) is 0 Å². The summed E-state index contributed by atoms with van der Waals surface area (Å²) in [5, 5.41) is 7.25. The molecule has 5 nitrogen and oxygen atoms in total. The predicted octanol–water partition coefficient (Wildman–Crippen LogP) is 2.69. The Morgan fingerprint density at radius 2 is 1.70 bits per heavy atom. The molecule has 2 aromatic rings. The molecular formula is C15H14N2O3. The number of nitrogens with two attached hydrogens (primary N) is 1. The summed E-state index contributed by atoms with van der Waals surface area (Å²) in [4.78, 5) is 11.5. The molecule has 5 heteroatoms. The fourth-order valence-corrected chi connectivity index (χ4v) is 1.54. The summed E-state index contributed by atoms with van der Waals surface area (Å²) in [5.41, 5.74) is 6.78. The molecule has 0 atom stereocenters. The van der Waals surface area contributed by atoms with E-state index < -0.39 is 6.16 Å². The van der Waals surface area contributed by atoms with Crippen molar-refractivity contribution in [2.75, 3.05) is 0 Å². The number of nitrogens with one attached hydrogen (secondary N) is 1. The van der Waals surface area contributed by atoms with Crippen LogP contribution in [-0.2, 0) is 11.3 Å². The quantitative estimate of drug-likeness (QED) is 0.387. The van der Waals surface area contributed by atoms with E-state index in [0.29, 0.717) is 11.3 Å². The van der Waals surface area contributed by atoms with Gasteiger partial charge >= 0.3 is 6.16 Å².